The number of rotatable bonds is 8. The molecule has 1 aromatic heterocycles. The highest BCUT2D eigenvalue weighted by atomic mass is 35.5. The fraction of sp³-hybridized carbons (Fsp3) is 0.360. The van der Waals surface area contributed by atoms with E-state index >= 15 is 0 Å². The first-order chi connectivity index (χ1) is 16.7. The van der Waals surface area contributed by atoms with Crippen molar-refractivity contribution in [2.75, 3.05) is 0 Å². The van der Waals surface area contributed by atoms with E-state index in [0.717, 1.165) is 29.7 Å². The van der Waals surface area contributed by atoms with Gasteiger partial charge < -0.3 is 10.1 Å². The van der Waals surface area contributed by atoms with Crippen molar-refractivity contribution in [2.45, 2.75) is 63.1 Å². The van der Waals surface area contributed by atoms with Crippen LogP contribution >= 0.6 is 22.9 Å². The predicted molar refractivity (Wildman–Crippen MR) is 138 cm³/mol. The summed E-state index contributed by atoms with van der Waals surface area (Å²) in [6, 6.07) is 11.3. The number of halogens is 1. The maximum absolute atomic E-state index is 12.9. The van der Waals surface area contributed by atoms with Crippen molar-refractivity contribution >= 4 is 38.9 Å². The minimum absolute atomic E-state index is 0.144. The highest BCUT2D eigenvalue weighted by molar-refractivity contribution is 7.89. The summed E-state index contributed by atoms with van der Waals surface area (Å²) in [5.41, 5.74) is 2.54. The zero-order valence-electron chi connectivity index (χ0n) is 19.6. The molecule has 1 amide bonds. The Labute approximate surface area is 214 Å². The average Bonchev–Trinajstić information content (AvgIpc) is 3.28. The van der Waals surface area contributed by atoms with Gasteiger partial charge in [-0.3, -0.25) is 4.79 Å². The van der Waals surface area contributed by atoms with Crippen molar-refractivity contribution in [1.29, 1.82) is 0 Å². The lowest BCUT2D eigenvalue weighted by atomic mass is 9.91. The summed E-state index contributed by atoms with van der Waals surface area (Å²) in [6.07, 6.45) is 3.13. The number of nitrogens with one attached hydrogen (secondary N) is 2. The zero-order chi connectivity index (χ0) is 25.0. The first-order valence-electron chi connectivity index (χ1n) is 11.4. The summed E-state index contributed by atoms with van der Waals surface area (Å²) in [5.74, 6) is 0.447. The minimum Gasteiger partial charge on any atom is -0.486 e. The number of nitrogens with zero attached hydrogens (tertiary/aromatic N) is 1. The van der Waals surface area contributed by atoms with Crippen LogP contribution in [0.15, 0.2) is 52.7 Å². The summed E-state index contributed by atoms with van der Waals surface area (Å²) >= 11 is 7.24. The van der Waals surface area contributed by atoms with Crippen LogP contribution in [0.1, 0.15) is 52.3 Å². The highest BCUT2D eigenvalue weighted by Crippen LogP contribution is 2.23. The van der Waals surface area contributed by atoms with Gasteiger partial charge in [0.05, 0.1) is 4.90 Å². The van der Waals surface area contributed by atoms with Crippen LogP contribution in [0.2, 0.25) is 5.02 Å². The van der Waals surface area contributed by atoms with Gasteiger partial charge in [-0.15, -0.1) is 11.3 Å². The van der Waals surface area contributed by atoms with Gasteiger partial charge in [0.25, 0.3) is 5.91 Å². The molecule has 0 aliphatic heterocycles. The van der Waals surface area contributed by atoms with Crippen LogP contribution in [0.3, 0.4) is 0 Å². The van der Waals surface area contributed by atoms with Gasteiger partial charge in [0, 0.05) is 22.5 Å². The van der Waals surface area contributed by atoms with Crippen LogP contribution in [0.4, 0.5) is 0 Å². The van der Waals surface area contributed by atoms with Gasteiger partial charge in [0.2, 0.25) is 10.0 Å². The monoisotopic (exact) mass is 533 g/mol. The largest absolute Gasteiger partial charge is 0.486 e. The molecule has 0 radical (unpaired) electrons. The molecule has 1 aliphatic rings. The second-order valence-electron chi connectivity index (χ2n) is 8.78. The Morgan fingerprint density at radius 3 is 2.43 bits per heavy atom. The molecule has 0 spiro atoms. The van der Waals surface area contributed by atoms with Crippen molar-refractivity contribution in [3.8, 4) is 5.75 Å². The molecule has 0 unspecified atom stereocenters. The number of carbonyl (C=O) groups excluding carboxylic acids is 1. The van der Waals surface area contributed by atoms with Gasteiger partial charge in [-0.25, -0.2) is 18.1 Å². The molecule has 0 bridgehead atoms. The summed E-state index contributed by atoms with van der Waals surface area (Å²) in [5, 5.41) is 5.85. The van der Waals surface area contributed by atoms with E-state index in [1.54, 1.807) is 17.5 Å². The zero-order valence-corrected chi connectivity index (χ0v) is 22.0. The molecule has 4 rings (SSSR count). The molecule has 35 heavy (non-hydrogen) atoms. The van der Waals surface area contributed by atoms with Crippen molar-refractivity contribution in [2.24, 2.45) is 0 Å². The molecule has 1 aliphatic carbocycles. The molecule has 2 aromatic carbocycles. The molecule has 0 saturated heterocycles. The summed E-state index contributed by atoms with van der Waals surface area (Å²) in [7, 11) is -3.74. The van der Waals surface area contributed by atoms with Crippen LogP contribution in [-0.2, 0) is 16.6 Å². The van der Waals surface area contributed by atoms with Crippen molar-refractivity contribution < 1.29 is 17.9 Å². The van der Waals surface area contributed by atoms with E-state index in [-0.39, 0.29) is 23.5 Å². The average molecular weight is 534 g/mol. The molecule has 3 aromatic rings. The van der Waals surface area contributed by atoms with Gasteiger partial charge in [-0.2, -0.15) is 0 Å². The third kappa shape index (κ3) is 6.82. The maximum Gasteiger partial charge on any atom is 0.271 e. The lowest BCUT2D eigenvalue weighted by molar-refractivity contribution is 0.0914. The van der Waals surface area contributed by atoms with E-state index in [1.807, 2.05) is 26.0 Å². The molecule has 2 N–H and O–H groups in total. The first kappa shape index (κ1) is 25.6. The number of hydrogen-bond donors (Lipinski definition) is 2. The van der Waals surface area contributed by atoms with Gasteiger partial charge >= 0.3 is 0 Å². The number of benzene rings is 2. The Hall–Kier alpha value is -2.46. The molecule has 7 nitrogen and oxygen atoms in total. The van der Waals surface area contributed by atoms with E-state index < -0.39 is 16.1 Å². The standard InChI is InChI=1S/C25H28ClN3O4S2/c1-16-11-17(2)13-19(12-16)33-14-24-27-23(15-34-24)25(30)28-21-5-3-4-6-22(21)29-35(31,32)20-9-7-18(26)8-10-20/h7-13,15,21-22,29H,3-6,14H2,1-2H3,(H,28,30)/t21-,22-/m0/s1. The lowest BCUT2D eigenvalue weighted by Gasteiger charge is -2.32. The van der Waals surface area contributed by atoms with E-state index in [9.17, 15) is 13.2 Å². The lowest BCUT2D eigenvalue weighted by Crippen LogP contribution is -2.53. The van der Waals surface area contributed by atoms with E-state index in [0.29, 0.717) is 28.6 Å². The number of amides is 1. The Morgan fingerprint density at radius 2 is 1.74 bits per heavy atom. The van der Waals surface area contributed by atoms with Crippen molar-refractivity contribution in [3.63, 3.8) is 0 Å². The molecule has 10 heteroatoms. The topological polar surface area (TPSA) is 97.4 Å². The summed E-state index contributed by atoms with van der Waals surface area (Å²) in [6.45, 7) is 4.30. The predicted octanol–water partition coefficient (Wildman–Crippen LogP) is 5.01. The number of thiazole rings is 1. The SMILES string of the molecule is Cc1cc(C)cc(OCc2nc(C(=O)N[C@H]3CCCC[C@@H]3NS(=O)(=O)c3ccc(Cl)cc3)cs2)c1. The molecule has 2 atom stereocenters. The fourth-order valence-corrected chi connectivity index (χ4v) is 6.33. The number of hydrogen-bond acceptors (Lipinski definition) is 6. The van der Waals surface area contributed by atoms with Crippen LogP contribution in [-0.4, -0.2) is 31.4 Å². The van der Waals surface area contributed by atoms with Crippen LogP contribution in [0.5, 0.6) is 5.75 Å². The van der Waals surface area contributed by atoms with Gasteiger partial charge in [-0.05, 0) is 74.2 Å². The molecule has 1 fully saturated rings. The third-order valence-corrected chi connectivity index (χ3v) is 8.43. The maximum atomic E-state index is 12.9. The molecule has 1 saturated carbocycles. The number of aromatic nitrogens is 1. The molecule has 1 heterocycles. The van der Waals surface area contributed by atoms with E-state index in [2.05, 4.69) is 21.1 Å². The van der Waals surface area contributed by atoms with E-state index in [1.165, 1.54) is 23.5 Å². The number of sulfonamides is 1. The first-order valence-corrected chi connectivity index (χ1v) is 14.2. The second kappa shape index (κ2) is 11.1. The molecular formula is C25H28ClN3O4S2. The Morgan fingerprint density at radius 1 is 1.09 bits per heavy atom. The van der Waals surface area contributed by atoms with Crippen LogP contribution in [0.25, 0.3) is 0 Å². The minimum atomic E-state index is -3.74. The van der Waals surface area contributed by atoms with Gasteiger partial charge in [-0.1, -0.05) is 30.5 Å². The Balaban J connectivity index is 1.38. The van der Waals surface area contributed by atoms with Crippen molar-refractivity contribution in [1.82, 2.24) is 15.0 Å². The summed E-state index contributed by atoms with van der Waals surface area (Å²) < 4.78 is 34.3. The van der Waals surface area contributed by atoms with Crippen molar-refractivity contribution in [3.05, 3.63) is 74.7 Å². The highest BCUT2D eigenvalue weighted by Gasteiger charge is 2.31. The Bertz CT molecular complexity index is 1270. The quantitative estimate of drug-likeness (QED) is 0.424. The fourth-order valence-electron chi connectivity index (χ4n) is 4.21. The third-order valence-electron chi connectivity index (χ3n) is 5.85. The molecular weight excluding hydrogens is 506 g/mol. The van der Waals surface area contributed by atoms with Crippen LogP contribution in [0, 0.1) is 13.8 Å². The molecule has 186 valence electrons. The number of aryl methyl sites for hydroxylation is 2. The van der Waals surface area contributed by atoms with Gasteiger partial charge in [0.1, 0.15) is 23.1 Å². The summed E-state index contributed by atoms with van der Waals surface area (Å²) in [4.78, 5) is 17.5. The van der Waals surface area contributed by atoms with E-state index in [4.69, 9.17) is 16.3 Å². The van der Waals surface area contributed by atoms with Crippen LogP contribution < -0.4 is 14.8 Å². The smallest absolute Gasteiger partial charge is 0.271 e. The number of ether oxygens (including phenoxy) is 1. The normalized spacial score (nSPS) is 18.3. The Kier molecular flexibility index (Phi) is 8.11. The van der Waals surface area contributed by atoms with Gasteiger partial charge in [0.15, 0.2) is 0 Å². The number of carbonyl (C=O) groups is 1. The second-order valence-corrected chi connectivity index (χ2v) is 11.9.